The lowest BCUT2D eigenvalue weighted by molar-refractivity contribution is -0.140. The van der Waals surface area contributed by atoms with Gasteiger partial charge in [-0.3, -0.25) is 9.59 Å². The summed E-state index contributed by atoms with van der Waals surface area (Å²) in [4.78, 5) is 24.4. The van der Waals surface area contributed by atoms with Gasteiger partial charge in [-0.15, -0.1) is 0 Å². The first kappa shape index (κ1) is 13.0. The highest BCUT2D eigenvalue weighted by atomic mass is 16.4. The molecule has 4 nitrogen and oxygen atoms in total. The lowest BCUT2D eigenvalue weighted by Gasteiger charge is -2.25. The molecule has 0 aliphatic carbocycles. The second kappa shape index (κ2) is 4.85. The van der Waals surface area contributed by atoms with E-state index >= 15 is 0 Å². The maximum atomic E-state index is 11.9. The van der Waals surface area contributed by atoms with Crippen LogP contribution >= 0.6 is 0 Å². The number of amides is 1. The van der Waals surface area contributed by atoms with Crippen LogP contribution in [0.2, 0.25) is 0 Å². The second-order valence-corrected chi connectivity index (χ2v) is 5.65. The normalized spacial score (nSPS) is 21.2. The summed E-state index contributed by atoms with van der Waals surface area (Å²) in [7, 11) is 0. The van der Waals surface area contributed by atoms with Gasteiger partial charge in [0.15, 0.2) is 0 Å². The van der Waals surface area contributed by atoms with Gasteiger partial charge in [-0.1, -0.05) is 20.8 Å². The van der Waals surface area contributed by atoms with Gasteiger partial charge in [-0.25, -0.2) is 0 Å². The quantitative estimate of drug-likeness (QED) is 0.796. The molecule has 1 rings (SSSR count). The molecular weight excluding hydrogens is 206 g/mol. The number of carbonyl (C=O) groups excluding carboxylic acids is 1. The van der Waals surface area contributed by atoms with E-state index in [1.165, 1.54) is 0 Å². The van der Waals surface area contributed by atoms with Crippen molar-refractivity contribution in [1.82, 2.24) is 4.90 Å². The average molecular weight is 227 g/mol. The maximum absolute atomic E-state index is 11.9. The monoisotopic (exact) mass is 227 g/mol. The van der Waals surface area contributed by atoms with Crippen LogP contribution in [-0.2, 0) is 9.59 Å². The van der Waals surface area contributed by atoms with Crippen LogP contribution in [0.15, 0.2) is 0 Å². The third-order valence-electron chi connectivity index (χ3n) is 3.04. The molecule has 1 N–H and O–H groups in total. The molecule has 92 valence electrons. The molecule has 1 unspecified atom stereocenters. The van der Waals surface area contributed by atoms with Gasteiger partial charge in [0.25, 0.3) is 0 Å². The Balaban J connectivity index is 2.47. The summed E-state index contributed by atoms with van der Waals surface area (Å²) in [6.45, 7) is 7.44. The molecule has 1 amide bonds. The lowest BCUT2D eigenvalue weighted by Crippen LogP contribution is -2.33. The number of likely N-dealkylation sites (tertiary alicyclic amines) is 1. The second-order valence-electron chi connectivity index (χ2n) is 5.65. The first-order valence-corrected chi connectivity index (χ1v) is 5.80. The molecule has 1 aliphatic heterocycles. The number of carboxylic acids is 1. The topological polar surface area (TPSA) is 57.6 Å². The van der Waals surface area contributed by atoms with Gasteiger partial charge in [-0.05, 0) is 17.8 Å². The Kier molecular flexibility index (Phi) is 3.94. The Labute approximate surface area is 96.6 Å². The van der Waals surface area contributed by atoms with E-state index in [-0.39, 0.29) is 12.3 Å². The summed E-state index contributed by atoms with van der Waals surface area (Å²) >= 11 is 0. The smallest absolute Gasteiger partial charge is 0.303 e. The van der Waals surface area contributed by atoms with Gasteiger partial charge in [0, 0.05) is 19.5 Å². The van der Waals surface area contributed by atoms with Crippen LogP contribution in [0.25, 0.3) is 0 Å². The van der Waals surface area contributed by atoms with E-state index < -0.39 is 11.4 Å². The Bertz CT molecular complexity index is 286. The fourth-order valence-electron chi connectivity index (χ4n) is 2.15. The minimum atomic E-state index is -0.840. The standard InChI is InChI=1S/C12H21NO3/c1-9-4-5-13(8-9)10(14)6-12(2,3)7-11(15)16/h9H,4-8H2,1-3H3,(H,15,16). The van der Waals surface area contributed by atoms with Crippen LogP contribution in [0, 0.1) is 11.3 Å². The Hall–Kier alpha value is -1.06. The van der Waals surface area contributed by atoms with E-state index in [2.05, 4.69) is 6.92 Å². The number of nitrogens with zero attached hydrogens (tertiary/aromatic N) is 1. The van der Waals surface area contributed by atoms with Gasteiger partial charge in [0.1, 0.15) is 0 Å². The lowest BCUT2D eigenvalue weighted by atomic mass is 9.85. The molecule has 1 fully saturated rings. The molecule has 4 heteroatoms. The number of carboxylic acid groups (broad SMARTS) is 1. The summed E-state index contributed by atoms with van der Waals surface area (Å²) in [5.41, 5.74) is -0.450. The summed E-state index contributed by atoms with van der Waals surface area (Å²) in [5.74, 6) is -0.172. The van der Waals surface area contributed by atoms with E-state index in [4.69, 9.17) is 5.11 Å². The average Bonchev–Trinajstić information content (AvgIpc) is 2.47. The Morgan fingerprint density at radius 2 is 2.00 bits per heavy atom. The third-order valence-corrected chi connectivity index (χ3v) is 3.04. The highest BCUT2D eigenvalue weighted by molar-refractivity contribution is 5.78. The van der Waals surface area contributed by atoms with Crippen LogP contribution in [0.1, 0.15) is 40.0 Å². The number of rotatable bonds is 4. The summed E-state index contributed by atoms with van der Waals surface area (Å²) in [6.07, 6.45) is 1.43. The molecular formula is C12H21NO3. The molecule has 0 spiro atoms. The highest BCUT2D eigenvalue weighted by Crippen LogP contribution is 2.27. The number of hydrogen-bond acceptors (Lipinski definition) is 2. The van der Waals surface area contributed by atoms with Gasteiger partial charge in [-0.2, -0.15) is 0 Å². The highest BCUT2D eigenvalue weighted by Gasteiger charge is 2.30. The van der Waals surface area contributed by atoms with Gasteiger partial charge < -0.3 is 10.0 Å². The van der Waals surface area contributed by atoms with E-state index in [9.17, 15) is 9.59 Å². The molecule has 1 atom stereocenters. The molecule has 1 heterocycles. The fourth-order valence-corrected chi connectivity index (χ4v) is 2.15. The summed E-state index contributed by atoms with van der Waals surface area (Å²) in [6, 6.07) is 0. The van der Waals surface area contributed by atoms with E-state index in [0.29, 0.717) is 12.3 Å². The van der Waals surface area contributed by atoms with Gasteiger partial charge >= 0.3 is 5.97 Å². The van der Waals surface area contributed by atoms with Crippen LogP contribution < -0.4 is 0 Å². The predicted molar refractivity (Wildman–Crippen MR) is 61.0 cm³/mol. The van der Waals surface area contributed by atoms with E-state index in [1.54, 1.807) is 0 Å². The van der Waals surface area contributed by atoms with Gasteiger partial charge in [0.2, 0.25) is 5.91 Å². The van der Waals surface area contributed by atoms with Crippen molar-refractivity contribution in [3.63, 3.8) is 0 Å². The van der Waals surface area contributed by atoms with Crippen LogP contribution in [0.3, 0.4) is 0 Å². The van der Waals surface area contributed by atoms with Crippen LogP contribution in [-0.4, -0.2) is 35.0 Å². The van der Waals surface area contributed by atoms with Gasteiger partial charge in [0.05, 0.1) is 6.42 Å². The van der Waals surface area contributed by atoms with E-state index in [0.717, 1.165) is 19.5 Å². The Morgan fingerprint density at radius 3 is 2.44 bits per heavy atom. The van der Waals surface area contributed by atoms with Crippen molar-refractivity contribution >= 4 is 11.9 Å². The zero-order valence-corrected chi connectivity index (χ0v) is 10.3. The molecule has 1 saturated heterocycles. The van der Waals surface area contributed by atoms with Crippen molar-refractivity contribution in [3.05, 3.63) is 0 Å². The molecule has 0 aromatic rings. The van der Waals surface area contributed by atoms with Crippen LogP contribution in [0.5, 0.6) is 0 Å². The number of carbonyl (C=O) groups is 2. The van der Waals surface area contributed by atoms with Crippen molar-refractivity contribution in [2.45, 2.75) is 40.0 Å². The zero-order chi connectivity index (χ0) is 12.3. The number of aliphatic carboxylic acids is 1. The molecule has 0 bridgehead atoms. The van der Waals surface area contributed by atoms with E-state index in [1.807, 2.05) is 18.7 Å². The Morgan fingerprint density at radius 1 is 1.38 bits per heavy atom. The first-order valence-electron chi connectivity index (χ1n) is 5.80. The molecule has 0 aromatic heterocycles. The molecule has 1 aliphatic rings. The van der Waals surface area contributed by atoms with Crippen molar-refractivity contribution in [2.75, 3.05) is 13.1 Å². The van der Waals surface area contributed by atoms with Crippen molar-refractivity contribution in [2.24, 2.45) is 11.3 Å². The fraction of sp³-hybridized carbons (Fsp3) is 0.833. The molecule has 0 aromatic carbocycles. The summed E-state index contributed by atoms with van der Waals surface area (Å²) in [5, 5.41) is 8.74. The predicted octanol–water partition coefficient (Wildman–Crippen LogP) is 1.75. The zero-order valence-electron chi connectivity index (χ0n) is 10.3. The van der Waals surface area contributed by atoms with Crippen molar-refractivity contribution in [3.8, 4) is 0 Å². The summed E-state index contributed by atoms with van der Waals surface area (Å²) < 4.78 is 0. The van der Waals surface area contributed by atoms with Crippen molar-refractivity contribution < 1.29 is 14.7 Å². The third kappa shape index (κ3) is 3.83. The number of hydrogen-bond donors (Lipinski definition) is 1. The molecule has 16 heavy (non-hydrogen) atoms. The minimum absolute atomic E-state index is 0.0438. The maximum Gasteiger partial charge on any atom is 0.303 e. The SMILES string of the molecule is CC1CCN(C(=O)CC(C)(C)CC(=O)O)C1. The van der Waals surface area contributed by atoms with Crippen LogP contribution in [0.4, 0.5) is 0 Å². The minimum Gasteiger partial charge on any atom is -0.481 e. The largest absolute Gasteiger partial charge is 0.481 e. The first-order chi connectivity index (χ1) is 7.30. The molecule has 0 radical (unpaired) electrons. The van der Waals surface area contributed by atoms with Crippen molar-refractivity contribution in [1.29, 1.82) is 0 Å². The molecule has 0 saturated carbocycles.